The molecule has 0 aromatic heterocycles. The molecule has 2 unspecified atom stereocenters. The molecular formula is C17H19BrO2. The Morgan fingerprint density at radius 3 is 2.25 bits per heavy atom. The average molecular weight is 335 g/mol. The Labute approximate surface area is 128 Å². The van der Waals surface area contributed by atoms with Crippen LogP contribution in [0.1, 0.15) is 24.5 Å². The summed E-state index contributed by atoms with van der Waals surface area (Å²) in [4.78, 5) is 0. The molecule has 0 spiro atoms. The second-order valence-electron chi connectivity index (χ2n) is 4.93. The van der Waals surface area contributed by atoms with Crippen LogP contribution in [0.4, 0.5) is 0 Å². The normalized spacial score (nSPS) is 15.6. The summed E-state index contributed by atoms with van der Waals surface area (Å²) in [5.74, 6) is 0. The van der Waals surface area contributed by atoms with Crippen LogP contribution in [0.2, 0.25) is 0 Å². The minimum atomic E-state index is -0.792. The summed E-state index contributed by atoms with van der Waals surface area (Å²) in [5, 5.41) is 20.7. The highest BCUT2D eigenvalue weighted by Gasteiger charge is 2.40. The number of halogens is 1. The van der Waals surface area contributed by atoms with Gasteiger partial charge in [0.1, 0.15) is 0 Å². The van der Waals surface area contributed by atoms with Crippen molar-refractivity contribution in [2.75, 3.05) is 6.61 Å². The number of hydrogen-bond donors (Lipinski definition) is 2. The minimum Gasteiger partial charge on any atom is -0.395 e. The molecule has 0 bridgehead atoms. The molecule has 0 aliphatic heterocycles. The van der Waals surface area contributed by atoms with Gasteiger partial charge in [-0.25, -0.2) is 0 Å². The van der Waals surface area contributed by atoms with E-state index >= 15 is 0 Å². The lowest BCUT2D eigenvalue weighted by Crippen LogP contribution is -2.43. The second-order valence-corrected chi connectivity index (χ2v) is 5.85. The van der Waals surface area contributed by atoms with Gasteiger partial charge in [-0.1, -0.05) is 65.3 Å². The Morgan fingerprint density at radius 1 is 1.05 bits per heavy atom. The van der Waals surface area contributed by atoms with Gasteiger partial charge in [-0.3, -0.25) is 0 Å². The van der Waals surface area contributed by atoms with Crippen molar-refractivity contribution in [1.29, 1.82) is 0 Å². The van der Waals surface area contributed by atoms with Crippen molar-refractivity contribution in [2.24, 2.45) is 0 Å². The van der Waals surface area contributed by atoms with E-state index in [1.807, 2.05) is 61.5 Å². The maximum atomic E-state index is 10.6. The minimum absolute atomic E-state index is 0.136. The summed E-state index contributed by atoms with van der Waals surface area (Å²) in [6.07, 6.45) is -0.0775. The topological polar surface area (TPSA) is 40.5 Å². The highest BCUT2D eigenvalue weighted by Crippen LogP contribution is 2.37. The van der Waals surface area contributed by atoms with Crippen molar-refractivity contribution in [3.05, 3.63) is 70.2 Å². The van der Waals surface area contributed by atoms with Gasteiger partial charge in [0.2, 0.25) is 0 Å². The fraction of sp³-hybridized carbons (Fsp3) is 0.294. The SMILES string of the molecule is CCC(O)C(CO)(c1ccccc1)c1cccc(Br)c1. The maximum absolute atomic E-state index is 10.6. The third-order valence-corrected chi connectivity index (χ3v) is 4.33. The van der Waals surface area contributed by atoms with Gasteiger partial charge in [-0.15, -0.1) is 0 Å². The summed E-state index contributed by atoms with van der Waals surface area (Å²) in [6, 6.07) is 17.5. The highest BCUT2D eigenvalue weighted by atomic mass is 79.9. The zero-order valence-electron chi connectivity index (χ0n) is 11.5. The lowest BCUT2D eigenvalue weighted by Gasteiger charge is -2.37. The quantitative estimate of drug-likeness (QED) is 0.878. The molecule has 2 nitrogen and oxygen atoms in total. The largest absolute Gasteiger partial charge is 0.395 e. The van der Waals surface area contributed by atoms with E-state index in [0.29, 0.717) is 6.42 Å². The molecule has 0 fully saturated rings. The van der Waals surface area contributed by atoms with Crippen molar-refractivity contribution < 1.29 is 10.2 Å². The molecule has 2 atom stereocenters. The first-order valence-corrected chi connectivity index (χ1v) is 7.55. The number of rotatable bonds is 5. The smallest absolute Gasteiger partial charge is 0.0697 e. The van der Waals surface area contributed by atoms with Crippen molar-refractivity contribution in [1.82, 2.24) is 0 Å². The molecule has 0 saturated carbocycles. The number of aliphatic hydroxyl groups excluding tert-OH is 2. The van der Waals surface area contributed by atoms with Gasteiger partial charge < -0.3 is 10.2 Å². The summed E-state index contributed by atoms with van der Waals surface area (Å²) >= 11 is 3.46. The van der Waals surface area contributed by atoms with Crippen LogP contribution in [0.15, 0.2) is 59.1 Å². The third kappa shape index (κ3) is 2.66. The summed E-state index contributed by atoms with van der Waals surface area (Å²) in [5.41, 5.74) is 1.05. The van der Waals surface area contributed by atoms with Gasteiger partial charge in [-0.2, -0.15) is 0 Å². The first-order valence-electron chi connectivity index (χ1n) is 6.75. The van der Waals surface area contributed by atoms with Crippen molar-refractivity contribution in [2.45, 2.75) is 24.9 Å². The zero-order valence-corrected chi connectivity index (χ0v) is 13.0. The van der Waals surface area contributed by atoms with Crippen LogP contribution in [-0.2, 0) is 5.41 Å². The Hall–Kier alpha value is -1.16. The van der Waals surface area contributed by atoms with Gasteiger partial charge >= 0.3 is 0 Å². The van der Waals surface area contributed by atoms with E-state index in [-0.39, 0.29) is 6.61 Å². The Morgan fingerprint density at radius 2 is 1.70 bits per heavy atom. The number of hydrogen-bond acceptors (Lipinski definition) is 2. The molecule has 0 amide bonds. The molecule has 2 rings (SSSR count). The van der Waals surface area contributed by atoms with Crippen molar-refractivity contribution >= 4 is 15.9 Å². The van der Waals surface area contributed by atoms with Crippen LogP contribution in [-0.4, -0.2) is 22.9 Å². The van der Waals surface area contributed by atoms with E-state index in [2.05, 4.69) is 15.9 Å². The summed E-state index contributed by atoms with van der Waals surface area (Å²) in [6.45, 7) is 1.79. The van der Waals surface area contributed by atoms with Gasteiger partial charge in [0.25, 0.3) is 0 Å². The average Bonchev–Trinajstić information content (AvgIpc) is 2.49. The van der Waals surface area contributed by atoms with Gasteiger partial charge in [0, 0.05) is 4.47 Å². The van der Waals surface area contributed by atoms with Crippen molar-refractivity contribution in [3.63, 3.8) is 0 Å². The van der Waals surface area contributed by atoms with E-state index in [4.69, 9.17) is 0 Å². The molecule has 2 N–H and O–H groups in total. The van der Waals surface area contributed by atoms with Crippen molar-refractivity contribution in [3.8, 4) is 0 Å². The molecule has 0 aliphatic carbocycles. The van der Waals surface area contributed by atoms with Crippen LogP contribution in [0.3, 0.4) is 0 Å². The molecule has 0 radical (unpaired) electrons. The van der Waals surface area contributed by atoms with Crippen LogP contribution in [0.5, 0.6) is 0 Å². The number of aliphatic hydroxyl groups is 2. The predicted octanol–water partition coefficient (Wildman–Crippen LogP) is 3.50. The highest BCUT2D eigenvalue weighted by molar-refractivity contribution is 9.10. The van der Waals surface area contributed by atoms with Crippen LogP contribution >= 0.6 is 15.9 Å². The molecule has 2 aromatic rings. The summed E-state index contributed by atoms with van der Waals surface area (Å²) < 4.78 is 0.937. The first kappa shape index (κ1) is 15.2. The Balaban J connectivity index is 2.66. The van der Waals surface area contributed by atoms with Gasteiger partial charge in [0.15, 0.2) is 0 Å². The predicted molar refractivity (Wildman–Crippen MR) is 84.7 cm³/mol. The van der Waals surface area contributed by atoms with Crippen LogP contribution < -0.4 is 0 Å². The number of benzene rings is 2. The lowest BCUT2D eigenvalue weighted by atomic mass is 9.70. The zero-order chi connectivity index (χ0) is 14.6. The molecule has 3 heteroatoms. The molecule has 0 aliphatic rings. The van der Waals surface area contributed by atoms with E-state index in [1.165, 1.54) is 0 Å². The molecular weight excluding hydrogens is 316 g/mol. The van der Waals surface area contributed by atoms with Crippen LogP contribution in [0, 0.1) is 0 Å². The monoisotopic (exact) mass is 334 g/mol. The van der Waals surface area contributed by atoms with E-state index in [1.54, 1.807) is 0 Å². The molecule has 0 saturated heterocycles. The molecule has 20 heavy (non-hydrogen) atoms. The summed E-state index contributed by atoms with van der Waals surface area (Å²) in [7, 11) is 0. The van der Waals surface area contributed by atoms with Crippen LogP contribution in [0.25, 0.3) is 0 Å². The maximum Gasteiger partial charge on any atom is 0.0697 e. The van der Waals surface area contributed by atoms with Gasteiger partial charge in [-0.05, 0) is 29.7 Å². The first-order chi connectivity index (χ1) is 9.65. The van der Waals surface area contributed by atoms with Gasteiger partial charge in [0.05, 0.1) is 18.1 Å². The van der Waals surface area contributed by atoms with E-state index in [9.17, 15) is 10.2 Å². The van der Waals surface area contributed by atoms with E-state index in [0.717, 1.165) is 15.6 Å². The lowest BCUT2D eigenvalue weighted by molar-refractivity contribution is 0.0581. The molecule has 0 heterocycles. The fourth-order valence-corrected chi connectivity index (χ4v) is 3.09. The molecule has 106 valence electrons. The fourth-order valence-electron chi connectivity index (χ4n) is 2.69. The standard InChI is InChI=1S/C17H19BrO2/c1-2-16(20)17(12-19,13-7-4-3-5-8-13)14-9-6-10-15(18)11-14/h3-11,16,19-20H,2,12H2,1H3. The molecule has 2 aromatic carbocycles. The second kappa shape index (κ2) is 6.53. The van der Waals surface area contributed by atoms with E-state index < -0.39 is 11.5 Å². The Kier molecular flexibility index (Phi) is 4.97. The third-order valence-electron chi connectivity index (χ3n) is 3.83. The Bertz CT molecular complexity index is 556.